The number of halogens is 3. The van der Waals surface area contributed by atoms with Crippen LogP contribution >= 0.6 is 23.5 Å². The Bertz CT molecular complexity index is 403. The smallest absolute Gasteiger partial charge is 0.324 e. The first-order valence-electron chi connectivity index (χ1n) is 5.48. The number of hydrogen-bond donors (Lipinski definition) is 1. The van der Waals surface area contributed by atoms with Gasteiger partial charge in [-0.05, 0) is 12.8 Å². The van der Waals surface area contributed by atoms with E-state index in [-0.39, 0.29) is 17.5 Å². The molecular weight excluding hydrogens is 285 g/mol. The van der Waals surface area contributed by atoms with Crippen molar-refractivity contribution in [1.29, 1.82) is 0 Å². The average molecular weight is 298 g/mol. The second kappa shape index (κ2) is 5.70. The summed E-state index contributed by atoms with van der Waals surface area (Å²) in [6.07, 6.45) is 2.13. The van der Waals surface area contributed by atoms with Crippen molar-refractivity contribution in [2.75, 3.05) is 11.5 Å². The van der Waals surface area contributed by atoms with E-state index >= 15 is 0 Å². The maximum Gasteiger partial charge on any atom is 0.441 e. The van der Waals surface area contributed by atoms with E-state index in [1.807, 2.05) is 4.57 Å². The molecule has 0 amide bonds. The molecule has 0 bridgehead atoms. The minimum absolute atomic E-state index is 0.00772. The zero-order valence-electron chi connectivity index (χ0n) is 9.48. The Balaban J connectivity index is 1.87. The van der Waals surface area contributed by atoms with Gasteiger partial charge in [0.1, 0.15) is 5.82 Å². The molecule has 102 valence electrons. The largest absolute Gasteiger partial charge is 0.441 e. The fraction of sp³-hybridized carbons (Fsp3) is 0.778. The third-order valence-corrected chi connectivity index (χ3v) is 4.35. The Kier molecular flexibility index (Phi) is 4.44. The highest BCUT2D eigenvalue weighted by Crippen LogP contribution is 2.39. The summed E-state index contributed by atoms with van der Waals surface area (Å²) in [5.74, 6) is 1.09. The maximum absolute atomic E-state index is 12.0. The molecule has 0 saturated heterocycles. The van der Waals surface area contributed by atoms with Crippen molar-refractivity contribution < 1.29 is 13.2 Å². The van der Waals surface area contributed by atoms with Gasteiger partial charge in [-0.25, -0.2) is 0 Å². The van der Waals surface area contributed by atoms with E-state index in [1.165, 1.54) is 11.8 Å². The molecule has 0 atom stereocenters. The maximum atomic E-state index is 12.0. The summed E-state index contributed by atoms with van der Waals surface area (Å²) in [5, 5.41) is 8.63. The van der Waals surface area contributed by atoms with Gasteiger partial charge >= 0.3 is 5.51 Å². The molecule has 4 nitrogen and oxygen atoms in total. The highest BCUT2D eigenvalue weighted by atomic mass is 32.2. The molecule has 1 aliphatic carbocycles. The van der Waals surface area contributed by atoms with Crippen molar-refractivity contribution in [1.82, 2.24) is 14.8 Å². The van der Waals surface area contributed by atoms with Crippen LogP contribution in [0.1, 0.15) is 24.7 Å². The molecule has 0 aromatic carbocycles. The van der Waals surface area contributed by atoms with Crippen LogP contribution in [-0.4, -0.2) is 31.8 Å². The molecule has 0 unspecified atom stereocenters. The van der Waals surface area contributed by atoms with Crippen molar-refractivity contribution >= 4 is 23.5 Å². The van der Waals surface area contributed by atoms with E-state index in [9.17, 15) is 13.2 Å². The molecule has 1 heterocycles. The predicted molar refractivity (Wildman–Crippen MR) is 65.4 cm³/mol. The second-order valence-electron chi connectivity index (χ2n) is 3.85. The van der Waals surface area contributed by atoms with Gasteiger partial charge in [0, 0.05) is 17.5 Å². The number of nitrogens with two attached hydrogens (primary N) is 1. The summed E-state index contributed by atoms with van der Waals surface area (Å²) in [6.45, 7) is 0.307. The SMILES string of the molecule is NCc1nnc(SCCSC(F)(F)F)n1C1CC1. The topological polar surface area (TPSA) is 56.7 Å². The van der Waals surface area contributed by atoms with Crippen molar-refractivity contribution in [3.63, 3.8) is 0 Å². The van der Waals surface area contributed by atoms with Crippen LogP contribution in [-0.2, 0) is 6.54 Å². The Labute approximate surface area is 111 Å². The lowest BCUT2D eigenvalue weighted by Crippen LogP contribution is -2.08. The number of nitrogens with zero attached hydrogens (tertiary/aromatic N) is 3. The first kappa shape index (κ1) is 14.0. The number of aromatic nitrogens is 3. The van der Waals surface area contributed by atoms with Crippen LogP contribution in [0.25, 0.3) is 0 Å². The Morgan fingerprint density at radius 2 is 2.00 bits per heavy atom. The minimum Gasteiger partial charge on any atom is -0.324 e. The van der Waals surface area contributed by atoms with Gasteiger partial charge in [-0.2, -0.15) is 13.2 Å². The lowest BCUT2D eigenvalue weighted by atomic mass is 10.5. The van der Waals surface area contributed by atoms with Crippen molar-refractivity contribution in [2.24, 2.45) is 5.73 Å². The van der Waals surface area contributed by atoms with Crippen LogP contribution in [0.3, 0.4) is 0 Å². The molecule has 1 aromatic rings. The second-order valence-corrected chi connectivity index (χ2v) is 6.07. The summed E-state index contributed by atoms with van der Waals surface area (Å²) in [5.41, 5.74) is 1.40. The zero-order chi connectivity index (χ0) is 13.2. The highest BCUT2D eigenvalue weighted by Gasteiger charge is 2.30. The molecule has 0 spiro atoms. The van der Waals surface area contributed by atoms with E-state index in [0.717, 1.165) is 12.8 Å². The summed E-state index contributed by atoms with van der Waals surface area (Å²) in [6, 6.07) is 0.385. The molecule has 0 radical (unpaired) electrons. The van der Waals surface area contributed by atoms with Crippen LogP contribution < -0.4 is 5.73 Å². The monoisotopic (exact) mass is 298 g/mol. The molecule has 1 fully saturated rings. The van der Waals surface area contributed by atoms with Crippen molar-refractivity contribution in [3.05, 3.63) is 5.82 Å². The number of rotatable bonds is 6. The van der Waals surface area contributed by atoms with Crippen molar-refractivity contribution in [2.45, 2.75) is 36.1 Å². The molecule has 0 aliphatic heterocycles. The van der Waals surface area contributed by atoms with Crippen LogP contribution in [0, 0.1) is 0 Å². The van der Waals surface area contributed by atoms with E-state index < -0.39 is 5.51 Å². The summed E-state index contributed by atoms with van der Waals surface area (Å²) < 4.78 is 37.8. The lowest BCUT2D eigenvalue weighted by molar-refractivity contribution is -0.0326. The normalized spacial score (nSPS) is 16.2. The molecule has 2 N–H and O–H groups in total. The number of thioether (sulfide) groups is 2. The van der Waals surface area contributed by atoms with Gasteiger partial charge in [0.05, 0.1) is 6.54 Å². The van der Waals surface area contributed by atoms with Crippen LogP contribution in [0.5, 0.6) is 0 Å². The first-order chi connectivity index (χ1) is 8.51. The molecule has 18 heavy (non-hydrogen) atoms. The summed E-state index contributed by atoms with van der Waals surface area (Å²) >= 11 is 1.30. The van der Waals surface area contributed by atoms with Crippen molar-refractivity contribution in [3.8, 4) is 0 Å². The molecule has 2 rings (SSSR count). The number of hydrogen-bond acceptors (Lipinski definition) is 5. The standard InChI is InChI=1S/C9H13F3N4S2/c10-9(11,12)18-4-3-17-8-15-14-7(5-13)16(8)6-1-2-6/h6H,1-5,13H2. The van der Waals surface area contributed by atoms with Crippen LogP contribution in [0.4, 0.5) is 13.2 Å². The van der Waals surface area contributed by atoms with E-state index in [1.54, 1.807) is 0 Å². The Morgan fingerprint density at radius 1 is 1.28 bits per heavy atom. The van der Waals surface area contributed by atoms with E-state index in [2.05, 4.69) is 10.2 Å². The van der Waals surface area contributed by atoms with Gasteiger partial charge in [0.2, 0.25) is 0 Å². The summed E-state index contributed by atoms with van der Waals surface area (Å²) in [7, 11) is 0. The van der Waals surface area contributed by atoms with Crippen LogP contribution in [0.15, 0.2) is 5.16 Å². The van der Waals surface area contributed by atoms with Gasteiger partial charge in [-0.15, -0.1) is 10.2 Å². The van der Waals surface area contributed by atoms with Gasteiger partial charge in [0.15, 0.2) is 5.16 Å². The first-order valence-corrected chi connectivity index (χ1v) is 7.45. The third kappa shape index (κ3) is 3.79. The summed E-state index contributed by atoms with van der Waals surface area (Å²) in [4.78, 5) is 0. The fourth-order valence-electron chi connectivity index (χ4n) is 1.53. The molecule has 1 aliphatic rings. The third-order valence-electron chi connectivity index (χ3n) is 2.41. The Morgan fingerprint density at radius 3 is 2.56 bits per heavy atom. The Hall–Kier alpha value is -0.410. The zero-order valence-corrected chi connectivity index (χ0v) is 11.1. The fourth-order valence-corrected chi connectivity index (χ4v) is 3.11. The molecule has 9 heteroatoms. The molecular formula is C9H13F3N4S2. The predicted octanol–water partition coefficient (Wildman–Crippen LogP) is 2.42. The van der Waals surface area contributed by atoms with E-state index in [4.69, 9.17) is 5.73 Å². The molecule has 1 saturated carbocycles. The van der Waals surface area contributed by atoms with E-state index in [0.29, 0.717) is 29.3 Å². The van der Waals surface area contributed by atoms with Gasteiger partial charge in [0.25, 0.3) is 0 Å². The van der Waals surface area contributed by atoms with Crippen LogP contribution in [0.2, 0.25) is 0 Å². The average Bonchev–Trinajstić information content (AvgIpc) is 3.04. The number of alkyl halides is 3. The quantitative estimate of drug-likeness (QED) is 0.645. The minimum atomic E-state index is -4.16. The molecule has 1 aromatic heterocycles. The van der Waals surface area contributed by atoms with Gasteiger partial charge in [-0.1, -0.05) is 23.5 Å². The van der Waals surface area contributed by atoms with Gasteiger partial charge < -0.3 is 10.3 Å². The lowest BCUT2D eigenvalue weighted by Gasteiger charge is -2.08. The highest BCUT2D eigenvalue weighted by molar-refractivity contribution is 8.03. The van der Waals surface area contributed by atoms with Gasteiger partial charge in [-0.3, -0.25) is 0 Å².